The zero-order chi connectivity index (χ0) is 20.1. The lowest BCUT2D eigenvalue weighted by atomic mass is 10.1. The van der Waals surface area contributed by atoms with Crippen LogP contribution in [0, 0.1) is 6.57 Å². The molecule has 0 fully saturated rings. The van der Waals surface area contributed by atoms with Gasteiger partial charge in [-0.25, -0.2) is 9.53 Å². The summed E-state index contributed by atoms with van der Waals surface area (Å²) >= 11 is 6.18. The van der Waals surface area contributed by atoms with E-state index in [4.69, 9.17) is 28.0 Å². The maximum Gasteiger partial charge on any atom is 0.274 e. The van der Waals surface area contributed by atoms with Crippen molar-refractivity contribution in [1.29, 1.82) is 0 Å². The lowest BCUT2D eigenvalue weighted by molar-refractivity contribution is 0.276. The quantitative estimate of drug-likeness (QED) is 0.594. The van der Waals surface area contributed by atoms with Crippen molar-refractivity contribution in [2.75, 3.05) is 19.0 Å². The highest BCUT2D eigenvalue weighted by molar-refractivity contribution is 6.32. The van der Waals surface area contributed by atoms with Crippen LogP contribution in [0.2, 0.25) is 5.02 Å². The number of rotatable bonds is 7. The largest absolute Gasteiger partial charge is 0.495 e. The number of fused-ring (bicyclic) bond motifs is 1. The summed E-state index contributed by atoms with van der Waals surface area (Å²) in [5.74, 6) is 1.08. The van der Waals surface area contributed by atoms with Gasteiger partial charge in [-0.05, 0) is 30.2 Å². The van der Waals surface area contributed by atoms with E-state index in [1.807, 2.05) is 6.07 Å². The van der Waals surface area contributed by atoms with Crippen molar-refractivity contribution < 1.29 is 9.84 Å². The van der Waals surface area contributed by atoms with Gasteiger partial charge in [0.25, 0.3) is 5.56 Å². The van der Waals surface area contributed by atoms with Gasteiger partial charge in [-0.1, -0.05) is 29.8 Å². The van der Waals surface area contributed by atoms with Gasteiger partial charge in [0.15, 0.2) is 11.5 Å². The summed E-state index contributed by atoms with van der Waals surface area (Å²) in [6.07, 6.45) is 0.423. The van der Waals surface area contributed by atoms with Crippen molar-refractivity contribution in [1.82, 2.24) is 9.78 Å². The second-order valence-corrected chi connectivity index (χ2v) is 6.53. The fourth-order valence-electron chi connectivity index (χ4n) is 2.85. The molecule has 3 rings (SSSR count). The van der Waals surface area contributed by atoms with Crippen molar-refractivity contribution in [2.24, 2.45) is 0 Å². The van der Waals surface area contributed by atoms with Crippen molar-refractivity contribution in [3.8, 4) is 5.75 Å². The predicted molar refractivity (Wildman–Crippen MR) is 109 cm³/mol. The lowest BCUT2D eigenvalue weighted by Crippen LogP contribution is -2.25. The normalized spacial score (nSPS) is 10.6. The van der Waals surface area contributed by atoms with Gasteiger partial charge >= 0.3 is 0 Å². The first-order valence-electron chi connectivity index (χ1n) is 8.67. The van der Waals surface area contributed by atoms with E-state index in [9.17, 15) is 4.79 Å². The average Bonchev–Trinajstić information content (AvgIpc) is 2.72. The van der Waals surface area contributed by atoms with E-state index in [0.29, 0.717) is 52.6 Å². The van der Waals surface area contributed by atoms with Gasteiger partial charge in [0.2, 0.25) is 0 Å². The average molecular weight is 399 g/mol. The van der Waals surface area contributed by atoms with E-state index in [-0.39, 0.29) is 12.2 Å². The maximum atomic E-state index is 12.7. The molecule has 1 heterocycles. The molecule has 28 heavy (non-hydrogen) atoms. The predicted octanol–water partition coefficient (Wildman–Crippen LogP) is 3.60. The summed E-state index contributed by atoms with van der Waals surface area (Å²) in [6.45, 7) is 7.92. The molecule has 2 N–H and O–H groups in total. The second-order valence-electron chi connectivity index (χ2n) is 6.12. The maximum absolute atomic E-state index is 12.7. The Hall–Kier alpha value is -3.08. The Kier molecular flexibility index (Phi) is 6.14. The van der Waals surface area contributed by atoms with E-state index in [0.717, 1.165) is 5.56 Å². The summed E-state index contributed by atoms with van der Waals surface area (Å²) in [6, 6.07) is 10.4. The van der Waals surface area contributed by atoms with Gasteiger partial charge in [-0.3, -0.25) is 4.79 Å². The molecule has 0 saturated carbocycles. The standard InChI is InChI=1S/C20H19ClN4O3/c1-22-14-5-6-15-16(11-14)19(24-25(20(15)27)8-3-9-26)23-12-13-4-7-18(28-2)17(21)10-13/h4-7,10-11,26H,3,8-9,12H2,2H3,(H,23,24). The number of nitrogens with one attached hydrogen (secondary N) is 1. The van der Waals surface area contributed by atoms with E-state index in [1.165, 1.54) is 4.68 Å². The first-order chi connectivity index (χ1) is 13.6. The molecular weight excluding hydrogens is 380 g/mol. The molecule has 7 nitrogen and oxygen atoms in total. The molecule has 0 saturated heterocycles. The van der Waals surface area contributed by atoms with Crippen LogP contribution in [0.5, 0.6) is 5.75 Å². The molecule has 0 aliphatic heterocycles. The molecule has 0 aliphatic carbocycles. The van der Waals surface area contributed by atoms with Crippen molar-refractivity contribution >= 4 is 33.9 Å². The Morgan fingerprint density at radius 2 is 2.11 bits per heavy atom. The highest BCUT2D eigenvalue weighted by Crippen LogP contribution is 2.27. The van der Waals surface area contributed by atoms with Gasteiger partial charge in [0.1, 0.15) is 5.75 Å². The van der Waals surface area contributed by atoms with Crippen LogP contribution < -0.4 is 15.6 Å². The Morgan fingerprint density at radius 1 is 1.29 bits per heavy atom. The van der Waals surface area contributed by atoms with Crippen LogP contribution in [0.15, 0.2) is 41.2 Å². The third kappa shape index (κ3) is 4.09. The minimum absolute atomic E-state index is 0.0318. The number of halogens is 1. The molecule has 2 aromatic carbocycles. The number of hydrogen-bond donors (Lipinski definition) is 2. The van der Waals surface area contributed by atoms with Crippen molar-refractivity contribution in [3.05, 3.63) is 68.8 Å². The van der Waals surface area contributed by atoms with E-state index < -0.39 is 0 Å². The van der Waals surface area contributed by atoms with E-state index in [2.05, 4.69) is 15.3 Å². The lowest BCUT2D eigenvalue weighted by Gasteiger charge is -2.13. The topological polar surface area (TPSA) is 80.7 Å². The van der Waals surface area contributed by atoms with Gasteiger partial charge in [-0.15, -0.1) is 0 Å². The summed E-state index contributed by atoms with van der Waals surface area (Å²) in [7, 11) is 1.56. The molecule has 0 bridgehead atoms. The first kappa shape index (κ1) is 19.7. The Morgan fingerprint density at radius 3 is 2.79 bits per heavy atom. The number of anilines is 1. The van der Waals surface area contributed by atoms with Crippen LogP contribution in [-0.2, 0) is 13.1 Å². The Labute approximate surface area is 167 Å². The molecule has 3 aromatic rings. The summed E-state index contributed by atoms with van der Waals surface area (Å²) in [5.41, 5.74) is 1.09. The minimum atomic E-state index is -0.252. The SMILES string of the molecule is [C-]#[N+]c1ccc2c(=O)n(CCCO)nc(NCc3ccc(OC)c(Cl)c3)c2c1. The van der Waals surface area contributed by atoms with E-state index in [1.54, 1.807) is 37.4 Å². The number of aliphatic hydroxyl groups is 1. The van der Waals surface area contributed by atoms with Crippen LogP contribution >= 0.6 is 11.6 Å². The molecule has 0 spiro atoms. The highest BCUT2D eigenvalue weighted by Gasteiger charge is 2.12. The third-order valence-corrected chi connectivity index (χ3v) is 4.57. The highest BCUT2D eigenvalue weighted by atomic mass is 35.5. The number of ether oxygens (including phenoxy) is 1. The number of aromatic nitrogens is 2. The minimum Gasteiger partial charge on any atom is -0.495 e. The molecule has 0 atom stereocenters. The number of hydrogen-bond acceptors (Lipinski definition) is 5. The molecule has 8 heteroatoms. The number of benzene rings is 2. The fraction of sp³-hybridized carbons (Fsp3) is 0.250. The summed E-state index contributed by atoms with van der Waals surface area (Å²) in [5, 5.41) is 18.3. The Balaban J connectivity index is 2.00. The number of nitrogens with zero attached hydrogens (tertiary/aromatic N) is 3. The van der Waals surface area contributed by atoms with Crippen LogP contribution in [0.25, 0.3) is 15.6 Å². The summed E-state index contributed by atoms with van der Waals surface area (Å²) in [4.78, 5) is 16.1. The molecule has 0 aliphatic rings. The van der Waals surface area contributed by atoms with Crippen LogP contribution in [-0.4, -0.2) is 28.6 Å². The van der Waals surface area contributed by atoms with Gasteiger partial charge in [-0.2, -0.15) is 5.10 Å². The van der Waals surface area contributed by atoms with Crippen LogP contribution in [0.3, 0.4) is 0 Å². The van der Waals surface area contributed by atoms with Crippen LogP contribution in [0.1, 0.15) is 12.0 Å². The number of aliphatic hydroxyl groups excluding tert-OH is 1. The van der Waals surface area contributed by atoms with Gasteiger partial charge < -0.3 is 15.2 Å². The smallest absolute Gasteiger partial charge is 0.274 e. The molecular formula is C20H19ClN4O3. The van der Waals surface area contributed by atoms with Crippen LogP contribution in [0.4, 0.5) is 11.5 Å². The molecule has 1 aromatic heterocycles. The number of methoxy groups -OCH3 is 1. The second kappa shape index (κ2) is 8.74. The zero-order valence-corrected chi connectivity index (χ0v) is 16.0. The monoisotopic (exact) mass is 398 g/mol. The van der Waals surface area contributed by atoms with Crippen molar-refractivity contribution in [3.63, 3.8) is 0 Å². The fourth-order valence-corrected chi connectivity index (χ4v) is 3.13. The third-order valence-electron chi connectivity index (χ3n) is 4.28. The van der Waals surface area contributed by atoms with E-state index >= 15 is 0 Å². The molecule has 0 radical (unpaired) electrons. The first-order valence-corrected chi connectivity index (χ1v) is 9.04. The zero-order valence-electron chi connectivity index (χ0n) is 15.3. The van der Waals surface area contributed by atoms with Gasteiger partial charge in [0.05, 0.1) is 18.7 Å². The number of aryl methyl sites for hydroxylation is 1. The molecule has 0 unspecified atom stereocenters. The molecule has 144 valence electrons. The molecule has 0 amide bonds. The Bertz CT molecular complexity index is 1110. The summed E-state index contributed by atoms with van der Waals surface area (Å²) < 4.78 is 6.49. The van der Waals surface area contributed by atoms with Crippen molar-refractivity contribution in [2.45, 2.75) is 19.5 Å². The van der Waals surface area contributed by atoms with Gasteiger partial charge in [0, 0.05) is 30.5 Å².